The molecule has 27 heavy (non-hydrogen) atoms. The van der Waals surface area contributed by atoms with Crippen LogP contribution in [0.2, 0.25) is 0 Å². The Morgan fingerprint density at radius 1 is 1.15 bits per heavy atom. The number of anilines is 1. The van der Waals surface area contributed by atoms with E-state index in [2.05, 4.69) is 47.9 Å². The maximum absolute atomic E-state index is 12.9. The number of nitrogens with one attached hydrogen (secondary N) is 2. The lowest BCUT2D eigenvalue weighted by Gasteiger charge is -2.23. The van der Waals surface area contributed by atoms with Gasteiger partial charge < -0.3 is 15.5 Å². The highest BCUT2D eigenvalue weighted by Gasteiger charge is 2.31. The molecule has 0 radical (unpaired) electrons. The molecule has 3 heterocycles. The first-order valence-corrected chi connectivity index (χ1v) is 10.7. The molecule has 5 rings (SSSR count). The van der Waals surface area contributed by atoms with Gasteiger partial charge in [0, 0.05) is 29.8 Å². The van der Waals surface area contributed by atoms with Crippen molar-refractivity contribution in [1.82, 2.24) is 10.2 Å². The molecule has 2 N–H and O–H groups in total. The standard InChI is InChI=1S/C22H27N3OS/c1-16-6-8-17(9-7-16)15-27-21-5-3-2-4-20(21)24-22(26)25-13-18-10-11-19(14-25)23-12-18/h2-9,18-19,23H,10-15H2,1H3,(H,24,26)/t18-,19-/m0/s1. The highest BCUT2D eigenvalue weighted by molar-refractivity contribution is 7.98. The molecule has 2 bridgehead atoms. The van der Waals surface area contributed by atoms with Crippen LogP contribution in [0.5, 0.6) is 0 Å². The first-order valence-electron chi connectivity index (χ1n) is 9.74. The second kappa shape index (κ2) is 8.36. The molecule has 2 atom stereocenters. The number of nitrogens with zero attached hydrogens (tertiary/aromatic N) is 1. The van der Waals surface area contributed by atoms with Gasteiger partial charge >= 0.3 is 6.03 Å². The molecule has 142 valence electrons. The summed E-state index contributed by atoms with van der Waals surface area (Å²) in [5.74, 6) is 1.48. The van der Waals surface area contributed by atoms with Crippen LogP contribution in [-0.4, -0.2) is 36.6 Å². The van der Waals surface area contributed by atoms with E-state index < -0.39 is 0 Å². The van der Waals surface area contributed by atoms with E-state index in [1.54, 1.807) is 11.8 Å². The molecule has 0 saturated carbocycles. The number of rotatable bonds is 4. The number of piperidine rings is 1. The zero-order valence-electron chi connectivity index (χ0n) is 15.8. The molecule has 3 aliphatic rings. The van der Waals surface area contributed by atoms with Crippen LogP contribution in [0.1, 0.15) is 24.0 Å². The van der Waals surface area contributed by atoms with Crippen LogP contribution < -0.4 is 10.6 Å². The number of carbonyl (C=O) groups excluding carboxylic acids is 1. The third kappa shape index (κ3) is 4.66. The molecular weight excluding hydrogens is 354 g/mol. The van der Waals surface area contributed by atoms with Gasteiger partial charge in [0.05, 0.1) is 5.69 Å². The Bertz CT molecular complexity index is 770. The largest absolute Gasteiger partial charge is 0.323 e. The Labute approximate surface area is 165 Å². The Hall–Kier alpha value is -1.98. The first kappa shape index (κ1) is 18.4. The molecule has 3 aliphatic heterocycles. The Balaban J connectivity index is 1.41. The summed E-state index contributed by atoms with van der Waals surface area (Å²) in [6.45, 7) is 4.80. The number of para-hydroxylation sites is 1. The highest BCUT2D eigenvalue weighted by atomic mass is 32.2. The van der Waals surface area contributed by atoms with Crippen molar-refractivity contribution in [2.75, 3.05) is 25.0 Å². The third-order valence-electron chi connectivity index (χ3n) is 5.47. The quantitative estimate of drug-likeness (QED) is 0.766. The molecular formula is C22H27N3OS. The first-order chi connectivity index (χ1) is 13.2. The number of fused-ring (bicyclic) bond motifs is 4. The van der Waals surface area contributed by atoms with Crippen LogP contribution in [0, 0.1) is 12.8 Å². The number of hydrogen-bond donors (Lipinski definition) is 2. The van der Waals surface area contributed by atoms with Crippen LogP contribution in [0.15, 0.2) is 53.4 Å². The van der Waals surface area contributed by atoms with E-state index in [0.29, 0.717) is 12.0 Å². The summed E-state index contributed by atoms with van der Waals surface area (Å²) in [6.07, 6.45) is 2.40. The molecule has 4 nitrogen and oxygen atoms in total. The number of carbonyl (C=O) groups is 1. The van der Waals surface area contributed by atoms with Gasteiger partial charge in [-0.15, -0.1) is 11.8 Å². The molecule has 0 aromatic heterocycles. The second-order valence-corrected chi connectivity index (χ2v) is 8.67. The number of hydrogen-bond acceptors (Lipinski definition) is 3. The van der Waals surface area contributed by atoms with Crippen LogP contribution in [0.3, 0.4) is 0 Å². The Morgan fingerprint density at radius 2 is 1.96 bits per heavy atom. The smallest absolute Gasteiger partial charge is 0.321 e. The van der Waals surface area contributed by atoms with E-state index >= 15 is 0 Å². The molecule has 0 unspecified atom stereocenters. The van der Waals surface area contributed by atoms with Gasteiger partial charge in [-0.25, -0.2) is 4.79 Å². The number of thioether (sulfide) groups is 1. The molecule has 3 saturated heterocycles. The minimum atomic E-state index is 0.0268. The molecule has 3 fully saturated rings. The van der Waals surface area contributed by atoms with Crippen molar-refractivity contribution >= 4 is 23.5 Å². The Kier molecular flexibility index (Phi) is 5.69. The van der Waals surface area contributed by atoms with Crippen LogP contribution >= 0.6 is 11.8 Å². The maximum Gasteiger partial charge on any atom is 0.321 e. The molecule has 0 aliphatic carbocycles. The zero-order chi connectivity index (χ0) is 18.6. The van der Waals surface area contributed by atoms with Gasteiger partial charge in [-0.1, -0.05) is 42.0 Å². The van der Waals surface area contributed by atoms with Crippen LogP contribution in [0.25, 0.3) is 0 Å². The summed E-state index contributed by atoms with van der Waals surface area (Å²) in [4.78, 5) is 16.0. The minimum Gasteiger partial charge on any atom is -0.323 e. The summed E-state index contributed by atoms with van der Waals surface area (Å²) in [5.41, 5.74) is 3.48. The molecule has 0 spiro atoms. The van der Waals surface area contributed by atoms with Crippen LogP contribution in [0.4, 0.5) is 10.5 Å². The highest BCUT2D eigenvalue weighted by Crippen LogP contribution is 2.30. The van der Waals surface area contributed by atoms with E-state index in [4.69, 9.17) is 0 Å². The van der Waals surface area contributed by atoms with E-state index in [0.717, 1.165) is 36.0 Å². The lowest BCUT2D eigenvalue weighted by Crippen LogP contribution is -2.42. The van der Waals surface area contributed by atoms with Crippen molar-refractivity contribution < 1.29 is 4.79 Å². The topological polar surface area (TPSA) is 44.4 Å². The SMILES string of the molecule is Cc1ccc(CSc2ccccc2NC(=O)N2C[C@H]3CC[C@@H](C2)NC3)cc1. The monoisotopic (exact) mass is 381 g/mol. The fourth-order valence-corrected chi connectivity index (χ4v) is 4.80. The number of aryl methyl sites for hydroxylation is 1. The predicted molar refractivity (Wildman–Crippen MR) is 112 cm³/mol. The molecule has 2 aromatic carbocycles. The van der Waals surface area contributed by atoms with Crippen molar-refractivity contribution in [3.8, 4) is 0 Å². The lowest BCUT2D eigenvalue weighted by atomic mass is 9.97. The average Bonchev–Trinajstić information content (AvgIpc) is 3.03. The normalized spacial score (nSPS) is 21.7. The van der Waals surface area contributed by atoms with Crippen molar-refractivity contribution in [2.24, 2.45) is 5.92 Å². The van der Waals surface area contributed by atoms with Gasteiger partial charge in [0.25, 0.3) is 0 Å². The summed E-state index contributed by atoms with van der Waals surface area (Å²) < 4.78 is 0. The Morgan fingerprint density at radius 3 is 2.74 bits per heavy atom. The fraction of sp³-hybridized carbons (Fsp3) is 0.409. The van der Waals surface area contributed by atoms with Gasteiger partial charge in [0.1, 0.15) is 0 Å². The third-order valence-corrected chi connectivity index (χ3v) is 6.61. The fourth-order valence-electron chi connectivity index (χ4n) is 3.84. The van der Waals surface area contributed by atoms with E-state index in [1.165, 1.54) is 24.0 Å². The van der Waals surface area contributed by atoms with Gasteiger partial charge in [-0.05, 0) is 49.9 Å². The van der Waals surface area contributed by atoms with Crippen molar-refractivity contribution in [3.05, 3.63) is 59.7 Å². The summed E-state index contributed by atoms with van der Waals surface area (Å²) in [7, 11) is 0. The number of urea groups is 1. The lowest BCUT2D eigenvalue weighted by molar-refractivity contribution is 0.209. The minimum absolute atomic E-state index is 0.0268. The van der Waals surface area contributed by atoms with Crippen molar-refractivity contribution in [2.45, 2.75) is 36.5 Å². The number of benzene rings is 2. The summed E-state index contributed by atoms with van der Waals surface area (Å²) in [6, 6.07) is 17.2. The number of amides is 2. The zero-order valence-corrected chi connectivity index (χ0v) is 16.6. The van der Waals surface area contributed by atoms with Gasteiger partial charge in [0.15, 0.2) is 0 Å². The molecule has 2 amide bonds. The summed E-state index contributed by atoms with van der Waals surface area (Å²) in [5, 5.41) is 6.72. The maximum atomic E-state index is 12.9. The van der Waals surface area contributed by atoms with Crippen molar-refractivity contribution in [1.29, 1.82) is 0 Å². The van der Waals surface area contributed by atoms with E-state index in [9.17, 15) is 4.79 Å². The average molecular weight is 382 g/mol. The van der Waals surface area contributed by atoms with Gasteiger partial charge in [-0.3, -0.25) is 0 Å². The second-order valence-electron chi connectivity index (χ2n) is 7.65. The van der Waals surface area contributed by atoms with Crippen LogP contribution in [-0.2, 0) is 5.75 Å². The predicted octanol–water partition coefficient (Wildman–Crippen LogP) is 4.50. The molecule has 5 heteroatoms. The van der Waals surface area contributed by atoms with Gasteiger partial charge in [0.2, 0.25) is 0 Å². The molecule has 2 aromatic rings. The van der Waals surface area contributed by atoms with Gasteiger partial charge in [-0.2, -0.15) is 0 Å². The van der Waals surface area contributed by atoms with E-state index in [1.807, 2.05) is 23.1 Å². The van der Waals surface area contributed by atoms with Crippen molar-refractivity contribution in [3.63, 3.8) is 0 Å². The summed E-state index contributed by atoms with van der Waals surface area (Å²) >= 11 is 1.77. The van der Waals surface area contributed by atoms with E-state index in [-0.39, 0.29) is 6.03 Å².